The summed E-state index contributed by atoms with van der Waals surface area (Å²) >= 11 is 0. The van der Waals surface area contributed by atoms with Crippen molar-refractivity contribution in [3.63, 3.8) is 0 Å². The van der Waals surface area contributed by atoms with Crippen LogP contribution in [0.2, 0.25) is 0 Å². The summed E-state index contributed by atoms with van der Waals surface area (Å²) in [5.41, 5.74) is 0.0408. The molecule has 0 atom stereocenters. The lowest BCUT2D eigenvalue weighted by Gasteiger charge is -2.27. The first-order valence-electron chi connectivity index (χ1n) is 4.96. The summed E-state index contributed by atoms with van der Waals surface area (Å²) in [5.74, 6) is -1.09. The third-order valence-electron chi connectivity index (χ3n) is 2.31. The van der Waals surface area contributed by atoms with E-state index in [0.29, 0.717) is 13.1 Å². The van der Waals surface area contributed by atoms with Crippen molar-refractivity contribution in [3.05, 3.63) is 23.8 Å². The largest absolute Gasteiger partial charge is 0.483 e. The fourth-order valence-corrected chi connectivity index (χ4v) is 1.29. The molecule has 2 N–H and O–H groups in total. The van der Waals surface area contributed by atoms with Crippen LogP contribution in [0.4, 0.5) is 4.39 Å². The highest BCUT2D eigenvalue weighted by molar-refractivity contribution is 5.92. The van der Waals surface area contributed by atoms with Gasteiger partial charge in [0.05, 0.1) is 0 Å². The summed E-state index contributed by atoms with van der Waals surface area (Å²) in [6.45, 7) is 1.41. The third-order valence-corrected chi connectivity index (χ3v) is 2.31. The van der Waals surface area contributed by atoms with Crippen molar-refractivity contribution in [2.75, 3.05) is 20.1 Å². The van der Waals surface area contributed by atoms with Crippen LogP contribution in [0.5, 0.6) is 5.75 Å². The first-order valence-corrected chi connectivity index (χ1v) is 4.96. The number of carbonyl (C=O) groups excluding carboxylic acids is 1. The molecule has 1 fully saturated rings. The maximum atomic E-state index is 13.4. The Morgan fingerprint density at radius 2 is 2.38 bits per heavy atom. The van der Waals surface area contributed by atoms with Crippen LogP contribution in [-0.2, 0) is 0 Å². The van der Waals surface area contributed by atoms with Gasteiger partial charge in [-0.15, -0.1) is 0 Å². The second-order valence-electron chi connectivity index (χ2n) is 3.46. The molecule has 5 nitrogen and oxygen atoms in total. The van der Waals surface area contributed by atoms with Crippen LogP contribution in [0.15, 0.2) is 12.1 Å². The molecule has 86 valence electrons. The predicted octanol–water partition coefficient (Wildman–Crippen LogP) is -0.0691. The molecule has 0 spiro atoms. The van der Waals surface area contributed by atoms with Crippen LogP contribution in [0.3, 0.4) is 0 Å². The van der Waals surface area contributed by atoms with Gasteiger partial charge in [0.1, 0.15) is 11.8 Å². The number of pyridine rings is 1. The Morgan fingerprint density at radius 1 is 1.62 bits per heavy atom. The molecular formula is C10H12FN3O2. The van der Waals surface area contributed by atoms with E-state index in [2.05, 4.69) is 15.6 Å². The molecule has 0 unspecified atom stereocenters. The number of rotatable bonds is 3. The van der Waals surface area contributed by atoms with E-state index >= 15 is 0 Å². The molecule has 2 rings (SSSR count). The molecular weight excluding hydrogens is 213 g/mol. The minimum Gasteiger partial charge on any atom is -0.483 e. The lowest BCUT2D eigenvalue weighted by Crippen LogP contribution is -2.50. The zero-order chi connectivity index (χ0) is 11.5. The smallest absolute Gasteiger partial charge is 0.269 e. The Kier molecular flexibility index (Phi) is 3.00. The van der Waals surface area contributed by atoms with E-state index in [9.17, 15) is 9.18 Å². The van der Waals surface area contributed by atoms with Gasteiger partial charge in [0, 0.05) is 20.1 Å². The zero-order valence-electron chi connectivity index (χ0n) is 8.79. The van der Waals surface area contributed by atoms with E-state index in [0.717, 1.165) is 0 Å². The fourth-order valence-electron chi connectivity index (χ4n) is 1.29. The van der Waals surface area contributed by atoms with Crippen LogP contribution in [-0.4, -0.2) is 37.1 Å². The number of hydrogen-bond acceptors (Lipinski definition) is 4. The van der Waals surface area contributed by atoms with E-state index in [-0.39, 0.29) is 17.5 Å². The van der Waals surface area contributed by atoms with E-state index in [1.54, 1.807) is 0 Å². The van der Waals surface area contributed by atoms with Crippen LogP contribution in [0.25, 0.3) is 0 Å². The standard InChI is InChI=1S/C10H12FN3O2/c1-12-10(15)7-2-3-8(9(11)14-7)16-6-4-13-5-6/h2-3,6,13H,4-5H2,1H3,(H,12,15). The molecule has 16 heavy (non-hydrogen) atoms. The van der Waals surface area contributed by atoms with Gasteiger partial charge < -0.3 is 15.4 Å². The predicted molar refractivity (Wildman–Crippen MR) is 54.9 cm³/mol. The van der Waals surface area contributed by atoms with Gasteiger partial charge in [0.2, 0.25) is 0 Å². The Labute approximate surface area is 92.0 Å². The van der Waals surface area contributed by atoms with Gasteiger partial charge in [-0.2, -0.15) is 4.39 Å². The molecule has 1 aliphatic rings. The monoisotopic (exact) mass is 225 g/mol. The van der Waals surface area contributed by atoms with Crippen molar-refractivity contribution in [1.82, 2.24) is 15.6 Å². The van der Waals surface area contributed by atoms with Crippen LogP contribution in [0.1, 0.15) is 10.5 Å². The molecule has 0 saturated carbocycles. The van der Waals surface area contributed by atoms with Crippen molar-refractivity contribution >= 4 is 5.91 Å². The van der Waals surface area contributed by atoms with Crippen LogP contribution < -0.4 is 15.4 Å². The van der Waals surface area contributed by atoms with E-state index in [1.165, 1.54) is 19.2 Å². The Balaban J connectivity index is 2.12. The summed E-state index contributed by atoms with van der Waals surface area (Å²) < 4.78 is 18.7. The number of nitrogens with zero attached hydrogens (tertiary/aromatic N) is 1. The van der Waals surface area contributed by atoms with Crippen molar-refractivity contribution in [2.24, 2.45) is 0 Å². The average molecular weight is 225 g/mol. The third kappa shape index (κ3) is 2.11. The number of amides is 1. The first kappa shape index (κ1) is 10.8. The van der Waals surface area contributed by atoms with E-state index < -0.39 is 11.9 Å². The Morgan fingerprint density at radius 3 is 2.88 bits per heavy atom. The van der Waals surface area contributed by atoms with Crippen molar-refractivity contribution in [3.8, 4) is 5.75 Å². The van der Waals surface area contributed by atoms with Crippen molar-refractivity contribution < 1.29 is 13.9 Å². The maximum absolute atomic E-state index is 13.4. The number of hydrogen-bond donors (Lipinski definition) is 2. The summed E-state index contributed by atoms with van der Waals surface area (Å²) in [7, 11) is 1.46. The summed E-state index contributed by atoms with van der Waals surface area (Å²) in [5, 5.41) is 5.38. The highest BCUT2D eigenvalue weighted by atomic mass is 19.1. The highest BCUT2D eigenvalue weighted by Crippen LogP contribution is 2.17. The molecule has 0 aliphatic carbocycles. The average Bonchev–Trinajstić information content (AvgIpc) is 2.23. The maximum Gasteiger partial charge on any atom is 0.269 e. The van der Waals surface area contributed by atoms with E-state index in [4.69, 9.17) is 4.74 Å². The van der Waals surface area contributed by atoms with Gasteiger partial charge in [-0.1, -0.05) is 0 Å². The van der Waals surface area contributed by atoms with Gasteiger partial charge in [-0.05, 0) is 12.1 Å². The quantitative estimate of drug-likeness (QED) is 0.707. The number of aromatic nitrogens is 1. The van der Waals surface area contributed by atoms with Crippen LogP contribution in [0, 0.1) is 5.95 Å². The molecule has 1 aromatic rings. The van der Waals surface area contributed by atoms with Gasteiger partial charge >= 0.3 is 0 Å². The number of nitrogens with one attached hydrogen (secondary N) is 2. The second-order valence-corrected chi connectivity index (χ2v) is 3.46. The lowest BCUT2D eigenvalue weighted by molar-refractivity contribution is 0.0956. The van der Waals surface area contributed by atoms with E-state index in [1.807, 2.05) is 0 Å². The van der Waals surface area contributed by atoms with Gasteiger partial charge in [-0.3, -0.25) is 4.79 Å². The molecule has 1 aliphatic heterocycles. The van der Waals surface area contributed by atoms with Gasteiger partial charge in [-0.25, -0.2) is 4.98 Å². The van der Waals surface area contributed by atoms with Gasteiger partial charge in [0.15, 0.2) is 5.75 Å². The first-order chi connectivity index (χ1) is 7.70. The molecule has 0 radical (unpaired) electrons. The normalized spacial score (nSPS) is 15.4. The number of ether oxygens (including phenoxy) is 1. The molecule has 1 saturated heterocycles. The SMILES string of the molecule is CNC(=O)c1ccc(OC2CNC2)c(F)n1. The molecule has 6 heteroatoms. The minimum absolute atomic E-state index is 0.0119. The van der Waals surface area contributed by atoms with Crippen LogP contribution >= 0.6 is 0 Å². The molecule has 1 aromatic heterocycles. The molecule has 0 aromatic carbocycles. The molecule has 0 bridgehead atoms. The Hall–Kier alpha value is -1.69. The summed E-state index contributed by atoms with van der Waals surface area (Å²) in [4.78, 5) is 14.7. The topological polar surface area (TPSA) is 63.2 Å². The lowest BCUT2D eigenvalue weighted by atomic mass is 10.2. The Bertz CT molecular complexity index is 407. The molecule has 2 heterocycles. The minimum atomic E-state index is -0.756. The highest BCUT2D eigenvalue weighted by Gasteiger charge is 2.20. The summed E-state index contributed by atoms with van der Waals surface area (Å²) in [6, 6.07) is 2.86. The van der Waals surface area contributed by atoms with Gasteiger partial charge in [0.25, 0.3) is 11.9 Å². The van der Waals surface area contributed by atoms with Crippen molar-refractivity contribution in [2.45, 2.75) is 6.10 Å². The van der Waals surface area contributed by atoms with Crippen molar-refractivity contribution in [1.29, 1.82) is 0 Å². The number of carbonyl (C=O) groups is 1. The summed E-state index contributed by atoms with van der Waals surface area (Å²) in [6.07, 6.45) is -0.0119. The second kappa shape index (κ2) is 4.44. The zero-order valence-corrected chi connectivity index (χ0v) is 8.79. The fraction of sp³-hybridized carbons (Fsp3) is 0.400. The number of halogens is 1. The molecule has 1 amide bonds.